The quantitative estimate of drug-likeness (QED) is 0.334. The average Bonchev–Trinajstić information content (AvgIpc) is 3.02. The van der Waals surface area contributed by atoms with E-state index < -0.39 is 8.07 Å². The molecule has 3 aliphatic carbocycles. The van der Waals surface area contributed by atoms with E-state index in [9.17, 15) is 0 Å². The van der Waals surface area contributed by atoms with Gasteiger partial charge in [0.05, 0.1) is 0 Å². The normalized spacial score (nSPS) is 31.1. The molecule has 1 saturated heterocycles. The van der Waals surface area contributed by atoms with E-state index in [1.807, 2.05) is 0 Å². The molecule has 0 bridgehead atoms. The maximum absolute atomic E-state index is 3.44. The largest absolute Gasteiger partial charge is 2.00 e. The first-order chi connectivity index (χ1) is 11.2. The Balaban J connectivity index is 0.000000184. The van der Waals surface area contributed by atoms with Gasteiger partial charge in [0.15, 0.2) is 0 Å². The van der Waals surface area contributed by atoms with Crippen LogP contribution >= 0.6 is 0 Å². The molecule has 2 atom stereocenters. The molecule has 25 heavy (non-hydrogen) atoms. The topological polar surface area (TPSA) is 0 Å². The first-order valence-electron chi connectivity index (χ1n) is 9.74. The van der Waals surface area contributed by atoms with Crippen LogP contribution < -0.4 is 0 Å². The van der Waals surface area contributed by atoms with Crippen molar-refractivity contribution in [1.82, 2.24) is 0 Å². The van der Waals surface area contributed by atoms with Crippen molar-refractivity contribution < 1.29 is 21.7 Å². The Hall–Kier alpha value is -0.109. The van der Waals surface area contributed by atoms with E-state index in [0.717, 1.165) is 11.5 Å². The van der Waals surface area contributed by atoms with Crippen molar-refractivity contribution in [1.29, 1.82) is 0 Å². The van der Waals surface area contributed by atoms with Crippen LogP contribution in [-0.2, 0) is 21.7 Å². The van der Waals surface area contributed by atoms with E-state index in [1.165, 1.54) is 36.0 Å². The average molecular weight is 386 g/mol. The summed E-state index contributed by atoms with van der Waals surface area (Å²) in [5.74, 6) is 0.898. The second-order valence-corrected chi connectivity index (χ2v) is 14.0. The smallest absolute Gasteiger partial charge is 0.323 e. The second kappa shape index (κ2) is 7.87. The van der Waals surface area contributed by atoms with E-state index in [1.54, 1.807) is 17.7 Å². The van der Waals surface area contributed by atoms with Crippen molar-refractivity contribution >= 4 is 8.07 Å². The predicted molar refractivity (Wildman–Crippen MR) is 108 cm³/mol. The van der Waals surface area contributed by atoms with Gasteiger partial charge in [0.1, 0.15) is 0 Å². The summed E-state index contributed by atoms with van der Waals surface area (Å²) < 4.78 is 0. The molecule has 0 spiro atoms. The fourth-order valence-electron chi connectivity index (χ4n) is 4.86. The molecular formula is C23H34SiTi. The third-order valence-corrected chi connectivity index (χ3v) is 12.2. The van der Waals surface area contributed by atoms with Crippen LogP contribution in [0.15, 0.2) is 40.5 Å². The number of hydrogen-bond acceptors (Lipinski definition) is 0. The number of fused-ring (bicyclic) bond motifs is 1. The van der Waals surface area contributed by atoms with Crippen LogP contribution in [0.4, 0.5) is 0 Å². The summed E-state index contributed by atoms with van der Waals surface area (Å²) in [4.78, 5) is 0. The summed E-state index contributed by atoms with van der Waals surface area (Å²) in [5.41, 5.74) is 7.15. The maximum Gasteiger partial charge on any atom is 2.00 e. The molecule has 0 aromatic rings. The molecule has 134 valence electrons. The van der Waals surface area contributed by atoms with Crippen molar-refractivity contribution in [3.8, 4) is 0 Å². The van der Waals surface area contributed by atoms with Crippen LogP contribution in [0.5, 0.6) is 0 Å². The van der Waals surface area contributed by atoms with Crippen LogP contribution in [0.1, 0.15) is 53.9 Å². The summed E-state index contributed by atoms with van der Waals surface area (Å²) in [5, 5.41) is 0. The summed E-state index contributed by atoms with van der Waals surface area (Å²) in [6.45, 7) is 13.5. The summed E-state index contributed by atoms with van der Waals surface area (Å²) in [6.07, 6.45) is 17.3. The molecule has 4 rings (SSSR count). The minimum Gasteiger partial charge on any atom is -0.323 e. The minimum absolute atomic E-state index is 0. The number of allylic oxidation sites excluding steroid dienone is 8. The maximum atomic E-state index is 3.44. The SMILES string of the molecule is CC1=[C-]C(C)(C)C(C)=C1C.C[Si]1(C2[CH-]CC3CC=CC=C32)CCC1.[Ti+2]. The molecule has 0 nitrogen and oxygen atoms in total. The van der Waals surface area contributed by atoms with E-state index in [2.05, 4.69) is 71.9 Å². The molecule has 0 N–H and O–H groups in total. The molecule has 1 saturated carbocycles. The second-order valence-electron chi connectivity index (χ2n) is 9.11. The molecule has 2 fully saturated rings. The Morgan fingerprint density at radius 1 is 1.20 bits per heavy atom. The van der Waals surface area contributed by atoms with Gasteiger partial charge in [0.2, 0.25) is 0 Å². The van der Waals surface area contributed by atoms with Gasteiger partial charge in [0, 0.05) is 8.07 Å². The van der Waals surface area contributed by atoms with Gasteiger partial charge < -0.3 is 6.42 Å². The molecule has 0 aromatic carbocycles. The molecular weight excluding hydrogens is 352 g/mol. The van der Waals surface area contributed by atoms with Crippen molar-refractivity contribution in [2.45, 2.75) is 78.1 Å². The summed E-state index contributed by atoms with van der Waals surface area (Å²) in [6, 6.07) is 3.17. The molecule has 4 aliphatic rings. The molecule has 1 heterocycles. The van der Waals surface area contributed by atoms with Gasteiger partial charge in [-0.1, -0.05) is 82.0 Å². The number of hydrogen-bond donors (Lipinski definition) is 0. The first-order valence-corrected chi connectivity index (χ1v) is 12.7. The third kappa shape index (κ3) is 4.09. The van der Waals surface area contributed by atoms with Crippen LogP contribution in [-0.4, -0.2) is 8.07 Å². The Labute approximate surface area is 171 Å². The fraction of sp³-hybridized carbons (Fsp3) is 0.609. The van der Waals surface area contributed by atoms with Gasteiger partial charge in [-0.3, -0.25) is 6.08 Å². The van der Waals surface area contributed by atoms with Gasteiger partial charge in [-0.05, 0) is 12.3 Å². The van der Waals surface area contributed by atoms with Gasteiger partial charge in [0.25, 0.3) is 0 Å². The van der Waals surface area contributed by atoms with Gasteiger partial charge >= 0.3 is 21.7 Å². The summed E-state index contributed by atoms with van der Waals surface area (Å²) in [7, 11) is -0.830. The minimum atomic E-state index is -0.830. The molecule has 0 amide bonds. The predicted octanol–water partition coefficient (Wildman–Crippen LogP) is 7.06. The third-order valence-electron chi connectivity index (χ3n) is 7.14. The van der Waals surface area contributed by atoms with Crippen molar-refractivity contribution in [2.24, 2.45) is 11.3 Å². The fourth-order valence-corrected chi connectivity index (χ4v) is 8.79. The van der Waals surface area contributed by atoms with Gasteiger partial charge in [-0.15, -0.1) is 12.5 Å². The van der Waals surface area contributed by atoms with Crippen molar-refractivity contribution in [3.05, 3.63) is 53.0 Å². The van der Waals surface area contributed by atoms with Crippen LogP contribution in [0.25, 0.3) is 0 Å². The Morgan fingerprint density at radius 3 is 2.32 bits per heavy atom. The Kier molecular flexibility index (Phi) is 6.67. The number of rotatable bonds is 1. The zero-order chi connectivity index (χ0) is 17.5. The van der Waals surface area contributed by atoms with Crippen LogP contribution in [0, 0.1) is 23.8 Å². The zero-order valence-electron chi connectivity index (χ0n) is 17.0. The van der Waals surface area contributed by atoms with Crippen molar-refractivity contribution in [3.63, 3.8) is 0 Å². The van der Waals surface area contributed by atoms with Crippen LogP contribution in [0.2, 0.25) is 24.2 Å². The Bertz CT molecular complexity index is 628. The standard InChI is InChI=1S/C13H19Si.C10H15.Ti/c1-14(9-4-10-14)13-8-7-11-5-2-3-6-12(11)13;1-7-6-10(4,5)9(3)8(7)2;/h2-3,6,8,11,13H,4-5,7,9-10H2,1H3;1-5H3;/q2*-1;+2. The van der Waals surface area contributed by atoms with Gasteiger partial charge in [-0.2, -0.15) is 17.6 Å². The van der Waals surface area contributed by atoms with E-state index in [0.29, 0.717) is 0 Å². The van der Waals surface area contributed by atoms with E-state index in [4.69, 9.17) is 0 Å². The molecule has 0 aromatic heterocycles. The monoisotopic (exact) mass is 386 g/mol. The van der Waals surface area contributed by atoms with Crippen molar-refractivity contribution in [2.75, 3.05) is 0 Å². The Morgan fingerprint density at radius 2 is 1.88 bits per heavy atom. The molecule has 0 radical (unpaired) electrons. The van der Waals surface area contributed by atoms with E-state index >= 15 is 0 Å². The van der Waals surface area contributed by atoms with Gasteiger partial charge in [-0.25, -0.2) is 5.57 Å². The zero-order valence-corrected chi connectivity index (χ0v) is 19.6. The molecule has 2 unspecified atom stereocenters. The van der Waals surface area contributed by atoms with Crippen LogP contribution in [0.3, 0.4) is 0 Å². The first kappa shape index (κ1) is 21.2. The molecule has 1 aliphatic heterocycles. The van der Waals surface area contributed by atoms with E-state index in [-0.39, 0.29) is 27.1 Å². The summed E-state index contributed by atoms with van der Waals surface area (Å²) >= 11 is 0. The molecule has 2 heteroatoms.